The summed E-state index contributed by atoms with van der Waals surface area (Å²) in [6.45, 7) is -0.322. The Hall–Kier alpha value is -2.84. The molecule has 160 valence electrons. The summed E-state index contributed by atoms with van der Waals surface area (Å²) >= 11 is 4.29. The van der Waals surface area contributed by atoms with E-state index in [2.05, 4.69) is 23.3 Å². The standard InChI is InChI=1S/C22H26N2O5S/c25-14-17(11-15-7-3-1-4-8-15)23-21(28)18(13-20(26)27)24-22(29)19(30)12-16-9-5-2-6-10-16/h1-10,17-19,25,30H,11-14H2,(H,23,28)(H,24,29)(H,26,27)/t17-,18-,19-/m0/s1. The maximum absolute atomic E-state index is 12.6. The van der Waals surface area contributed by atoms with Crippen LogP contribution in [0.3, 0.4) is 0 Å². The fraction of sp³-hybridized carbons (Fsp3) is 0.318. The van der Waals surface area contributed by atoms with E-state index >= 15 is 0 Å². The van der Waals surface area contributed by atoms with Gasteiger partial charge < -0.3 is 20.8 Å². The highest BCUT2D eigenvalue weighted by Crippen LogP contribution is 2.09. The van der Waals surface area contributed by atoms with Gasteiger partial charge >= 0.3 is 5.97 Å². The highest BCUT2D eigenvalue weighted by molar-refractivity contribution is 7.81. The van der Waals surface area contributed by atoms with Crippen molar-refractivity contribution >= 4 is 30.4 Å². The van der Waals surface area contributed by atoms with Crippen molar-refractivity contribution in [3.63, 3.8) is 0 Å². The molecular weight excluding hydrogens is 404 g/mol. The highest BCUT2D eigenvalue weighted by Gasteiger charge is 2.27. The van der Waals surface area contributed by atoms with Crippen molar-refractivity contribution in [1.29, 1.82) is 0 Å². The van der Waals surface area contributed by atoms with Gasteiger partial charge in [-0.05, 0) is 24.0 Å². The first-order chi connectivity index (χ1) is 14.4. The molecule has 3 atom stereocenters. The zero-order valence-electron chi connectivity index (χ0n) is 16.4. The van der Waals surface area contributed by atoms with Gasteiger partial charge in [0.1, 0.15) is 6.04 Å². The largest absolute Gasteiger partial charge is 0.481 e. The fourth-order valence-electron chi connectivity index (χ4n) is 2.94. The molecular formula is C22H26N2O5S. The fourth-order valence-corrected chi connectivity index (χ4v) is 3.23. The predicted molar refractivity (Wildman–Crippen MR) is 116 cm³/mol. The van der Waals surface area contributed by atoms with Gasteiger partial charge in [-0.1, -0.05) is 60.7 Å². The average Bonchev–Trinajstić information content (AvgIpc) is 2.73. The lowest BCUT2D eigenvalue weighted by Gasteiger charge is -2.23. The Morgan fingerprint density at radius 3 is 1.87 bits per heavy atom. The van der Waals surface area contributed by atoms with Crippen LogP contribution in [0.15, 0.2) is 60.7 Å². The number of aliphatic hydroxyl groups is 1. The van der Waals surface area contributed by atoms with Gasteiger partial charge in [-0.3, -0.25) is 14.4 Å². The number of hydrogen-bond acceptors (Lipinski definition) is 5. The van der Waals surface area contributed by atoms with E-state index in [4.69, 9.17) is 5.11 Å². The molecule has 7 nitrogen and oxygen atoms in total. The van der Waals surface area contributed by atoms with Crippen LogP contribution < -0.4 is 10.6 Å². The van der Waals surface area contributed by atoms with Crippen LogP contribution in [0.1, 0.15) is 17.5 Å². The minimum Gasteiger partial charge on any atom is -0.481 e. The molecule has 30 heavy (non-hydrogen) atoms. The third-order valence-corrected chi connectivity index (χ3v) is 4.90. The molecule has 0 radical (unpaired) electrons. The highest BCUT2D eigenvalue weighted by atomic mass is 32.1. The Labute approximate surface area is 180 Å². The smallest absolute Gasteiger partial charge is 0.305 e. The van der Waals surface area contributed by atoms with Crippen molar-refractivity contribution < 1.29 is 24.6 Å². The Kier molecular flexibility index (Phi) is 9.37. The third kappa shape index (κ3) is 7.88. The molecule has 0 aliphatic carbocycles. The van der Waals surface area contributed by atoms with E-state index in [1.54, 1.807) is 0 Å². The number of nitrogens with one attached hydrogen (secondary N) is 2. The lowest BCUT2D eigenvalue weighted by molar-refractivity contribution is -0.140. The molecule has 0 bridgehead atoms. The molecule has 2 aromatic carbocycles. The van der Waals surface area contributed by atoms with Gasteiger partial charge in [0.15, 0.2) is 0 Å². The van der Waals surface area contributed by atoms with Crippen LogP contribution in [0, 0.1) is 0 Å². The summed E-state index contributed by atoms with van der Waals surface area (Å²) in [5, 5.41) is 23.1. The number of carbonyl (C=O) groups excluding carboxylic acids is 2. The van der Waals surface area contributed by atoms with Crippen LogP contribution in [0.4, 0.5) is 0 Å². The van der Waals surface area contributed by atoms with E-state index in [1.807, 2.05) is 60.7 Å². The third-order valence-electron chi connectivity index (χ3n) is 4.48. The monoisotopic (exact) mass is 430 g/mol. The van der Waals surface area contributed by atoms with E-state index in [1.165, 1.54) is 0 Å². The summed E-state index contributed by atoms with van der Waals surface area (Å²) in [5.41, 5.74) is 1.81. The maximum atomic E-state index is 12.6. The number of aliphatic carboxylic acids is 1. The van der Waals surface area contributed by atoms with Crippen LogP contribution in [-0.4, -0.2) is 51.9 Å². The minimum atomic E-state index is -1.27. The summed E-state index contributed by atoms with van der Waals surface area (Å²) in [4.78, 5) is 36.3. The number of benzene rings is 2. The Morgan fingerprint density at radius 1 is 0.833 bits per heavy atom. The molecule has 0 spiro atoms. The molecule has 0 unspecified atom stereocenters. The van der Waals surface area contributed by atoms with Crippen molar-refractivity contribution in [1.82, 2.24) is 10.6 Å². The molecule has 0 fully saturated rings. The summed E-state index contributed by atoms with van der Waals surface area (Å²) in [5.74, 6) is -2.42. The first kappa shape index (κ1) is 23.4. The molecule has 0 aliphatic rings. The number of thiol groups is 1. The lowest BCUT2D eigenvalue weighted by Crippen LogP contribution is -2.53. The number of carboxylic acids is 1. The SMILES string of the molecule is O=C(O)C[C@H](NC(=O)[C@@H](S)Cc1ccccc1)C(=O)N[C@H](CO)Cc1ccccc1. The van der Waals surface area contributed by atoms with Crippen molar-refractivity contribution in [2.45, 2.75) is 36.6 Å². The van der Waals surface area contributed by atoms with E-state index in [9.17, 15) is 19.5 Å². The van der Waals surface area contributed by atoms with Crippen molar-refractivity contribution in [3.05, 3.63) is 71.8 Å². The second kappa shape index (κ2) is 12.0. The first-order valence-electron chi connectivity index (χ1n) is 9.58. The molecule has 2 rings (SSSR count). The number of amides is 2. The van der Waals surface area contributed by atoms with Crippen LogP contribution in [0.25, 0.3) is 0 Å². The zero-order valence-corrected chi connectivity index (χ0v) is 17.3. The van der Waals surface area contributed by atoms with Crippen LogP contribution in [-0.2, 0) is 27.2 Å². The van der Waals surface area contributed by atoms with Gasteiger partial charge in [0.25, 0.3) is 0 Å². The number of carboxylic acid groups (broad SMARTS) is 1. The Morgan fingerprint density at radius 2 is 1.37 bits per heavy atom. The topological polar surface area (TPSA) is 116 Å². The number of hydrogen-bond donors (Lipinski definition) is 5. The van der Waals surface area contributed by atoms with Gasteiger partial charge in [-0.15, -0.1) is 0 Å². The second-order valence-corrected chi connectivity index (χ2v) is 7.57. The van der Waals surface area contributed by atoms with Crippen LogP contribution in [0.5, 0.6) is 0 Å². The quantitative estimate of drug-likeness (QED) is 0.344. The van der Waals surface area contributed by atoms with Gasteiger partial charge in [0.05, 0.1) is 24.3 Å². The van der Waals surface area contributed by atoms with E-state index in [0.29, 0.717) is 12.8 Å². The lowest BCUT2D eigenvalue weighted by atomic mass is 10.1. The predicted octanol–water partition coefficient (Wildman–Crippen LogP) is 1.21. The minimum absolute atomic E-state index is 0.322. The maximum Gasteiger partial charge on any atom is 0.305 e. The van der Waals surface area contributed by atoms with Crippen molar-refractivity contribution in [2.24, 2.45) is 0 Å². The summed E-state index contributed by atoms with van der Waals surface area (Å²) in [6, 6.07) is 16.6. The Balaban J connectivity index is 1.99. The van der Waals surface area contributed by atoms with Crippen molar-refractivity contribution in [3.8, 4) is 0 Å². The summed E-state index contributed by atoms with van der Waals surface area (Å²) in [6.07, 6.45) is 0.136. The molecule has 8 heteroatoms. The number of aliphatic hydroxyl groups excluding tert-OH is 1. The van der Waals surface area contributed by atoms with Gasteiger partial charge in [0, 0.05) is 0 Å². The van der Waals surface area contributed by atoms with E-state index < -0.39 is 41.5 Å². The summed E-state index contributed by atoms with van der Waals surface area (Å²) < 4.78 is 0. The van der Waals surface area contributed by atoms with Crippen molar-refractivity contribution in [2.75, 3.05) is 6.61 Å². The number of carbonyl (C=O) groups is 3. The molecule has 2 amide bonds. The summed E-state index contributed by atoms with van der Waals surface area (Å²) in [7, 11) is 0. The molecule has 0 aromatic heterocycles. The Bertz CT molecular complexity index is 832. The van der Waals surface area contributed by atoms with Gasteiger partial charge in [0.2, 0.25) is 11.8 Å². The zero-order chi connectivity index (χ0) is 21.9. The first-order valence-corrected chi connectivity index (χ1v) is 10.1. The average molecular weight is 431 g/mol. The molecule has 4 N–H and O–H groups in total. The number of rotatable bonds is 11. The van der Waals surface area contributed by atoms with E-state index in [-0.39, 0.29) is 6.61 Å². The normalized spacial score (nSPS) is 13.7. The van der Waals surface area contributed by atoms with Gasteiger partial charge in [-0.2, -0.15) is 12.6 Å². The molecule has 0 saturated heterocycles. The molecule has 0 saturated carbocycles. The van der Waals surface area contributed by atoms with Gasteiger partial charge in [-0.25, -0.2) is 0 Å². The molecule has 0 aliphatic heterocycles. The molecule has 2 aromatic rings. The van der Waals surface area contributed by atoms with Crippen LogP contribution >= 0.6 is 12.6 Å². The van der Waals surface area contributed by atoms with Crippen LogP contribution in [0.2, 0.25) is 0 Å². The molecule has 0 heterocycles. The second-order valence-electron chi connectivity index (χ2n) is 6.94. The van der Waals surface area contributed by atoms with E-state index in [0.717, 1.165) is 11.1 Å².